The number of nitrogens with one attached hydrogen (secondary N) is 2. The molecule has 1 saturated heterocycles. The number of benzene rings is 2. The Bertz CT molecular complexity index is 1020. The summed E-state index contributed by atoms with van der Waals surface area (Å²) in [5.41, 5.74) is 4.29. The van der Waals surface area contributed by atoms with Crippen LogP contribution in [-0.4, -0.2) is 49.1 Å². The van der Waals surface area contributed by atoms with E-state index in [1.54, 1.807) is 7.11 Å². The molecule has 0 atom stereocenters. The van der Waals surface area contributed by atoms with Crippen molar-refractivity contribution in [3.63, 3.8) is 0 Å². The molecule has 30 heavy (non-hydrogen) atoms. The second-order valence-corrected chi connectivity index (χ2v) is 7.95. The van der Waals surface area contributed by atoms with Crippen LogP contribution in [0.5, 0.6) is 5.75 Å². The summed E-state index contributed by atoms with van der Waals surface area (Å²) in [6, 6.07) is 11.9. The first-order valence-electron chi connectivity index (χ1n) is 10.5. The zero-order valence-corrected chi connectivity index (χ0v) is 17.5. The number of ether oxygens (including phenoxy) is 1. The lowest BCUT2D eigenvalue weighted by Crippen LogP contribution is -2.39. The van der Waals surface area contributed by atoms with E-state index in [0.29, 0.717) is 18.0 Å². The fourth-order valence-electron chi connectivity index (χ4n) is 4.46. The third-order valence-electron chi connectivity index (χ3n) is 6.06. The second kappa shape index (κ2) is 8.88. The third kappa shape index (κ3) is 4.33. The molecule has 2 aromatic carbocycles. The predicted octanol–water partition coefficient (Wildman–Crippen LogP) is 4.23. The quantitative estimate of drug-likeness (QED) is 0.641. The number of methoxy groups -OCH3 is 1. The largest absolute Gasteiger partial charge is 0.497 e. The highest BCUT2D eigenvalue weighted by molar-refractivity contribution is 5.94. The number of halogens is 1. The van der Waals surface area contributed by atoms with Gasteiger partial charge in [-0.1, -0.05) is 0 Å². The molecular weight excluding hydrogens is 381 g/mol. The van der Waals surface area contributed by atoms with Crippen LogP contribution in [-0.2, 0) is 0 Å². The summed E-state index contributed by atoms with van der Waals surface area (Å²) in [5, 5.41) is 4.22. The van der Waals surface area contributed by atoms with Gasteiger partial charge in [-0.05, 0) is 80.7 Å². The maximum Gasteiger partial charge on any atom is 0.251 e. The van der Waals surface area contributed by atoms with Crippen molar-refractivity contribution in [3.8, 4) is 5.75 Å². The number of nitrogens with zero attached hydrogens (tertiary/aromatic N) is 1. The first-order chi connectivity index (χ1) is 14.5. The average Bonchev–Trinajstić information content (AvgIpc) is 3.09. The maximum atomic E-state index is 13.0. The fraction of sp³-hybridized carbons (Fsp3) is 0.375. The van der Waals surface area contributed by atoms with Crippen LogP contribution in [0.25, 0.3) is 10.9 Å². The molecule has 2 heterocycles. The minimum atomic E-state index is -0.334. The number of piperidine rings is 1. The van der Waals surface area contributed by atoms with Crippen LogP contribution in [0.3, 0.4) is 0 Å². The Hall–Kier alpha value is -2.86. The number of aromatic amines is 1. The van der Waals surface area contributed by atoms with Crippen molar-refractivity contribution in [1.29, 1.82) is 0 Å². The van der Waals surface area contributed by atoms with Crippen LogP contribution in [0.1, 0.15) is 40.4 Å². The number of hydrogen-bond donors (Lipinski definition) is 2. The lowest BCUT2D eigenvalue weighted by molar-refractivity contribution is 0.0945. The van der Waals surface area contributed by atoms with Crippen LogP contribution >= 0.6 is 0 Å². The molecule has 1 amide bonds. The van der Waals surface area contributed by atoms with Crippen LogP contribution in [0.15, 0.2) is 42.5 Å². The standard InChI is InChI=1S/C24H28FN3O2/c1-16-23(21-8-7-20(30-2)15-22(21)27-16)17-9-12-28(13-10-17)14-11-26-24(29)18-3-5-19(25)6-4-18/h3-8,15,17,27H,9-14H2,1-2H3,(H,26,29). The number of hydrogen-bond acceptors (Lipinski definition) is 3. The number of aromatic nitrogens is 1. The molecule has 1 aliphatic heterocycles. The Morgan fingerprint density at radius 1 is 1.20 bits per heavy atom. The number of carbonyl (C=O) groups is 1. The van der Waals surface area contributed by atoms with Crippen molar-refractivity contribution >= 4 is 16.8 Å². The summed E-state index contributed by atoms with van der Waals surface area (Å²) in [6.45, 7) is 5.59. The zero-order valence-electron chi connectivity index (χ0n) is 17.5. The number of aryl methyl sites for hydroxylation is 1. The average molecular weight is 410 g/mol. The first kappa shape index (κ1) is 20.4. The lowest BCUT2D eigenvalue weighted by atomic mass is 9.87. The van der Waals surface area contributed by atoms with E-state index in [-0.39, 0.29) is 11.7 Å². The van der Waals surface area contributed by atoms with E-state index < -0.39 is 0 Å². The van der Waals surface area contributed by atoms with Gasteiger partial charge < -0.3 is 19.9 Å². The number of fused-ring (bicyclic) bond motifs is 1. The minimum Gasteiger partial charge on any atom is -0.497 e. The van der Waals surface area contributed by atoms with Crippen molar-refractivity contribution in [3.05, 3.63) is 65.1 Å². The first-order valence-corrected chi connectivity index (χ1v) is 10.5. The van der Waals surface area contributed by atoms with Gasteiger partial charge >= 0.3 is 0 Å². The molecule has 1 aliphatic rings. The Morgan fingerprint density at radius 2 is 1.93 bits per heavy atom. The Labute approximate surface area is 176 Å². The van der Waals surface area contributed by atoms with E-state index in [2.05, 4.69) is 34.3 Å². The molecule has 2 N–H and O–H groups in total. The number of likely N-dealkylation sites (tertiary alicyclic amines) is 1. The molecule has 158 valence electrons. The van der Waals surface area contributed by atoms with Crippen LogP contribution in [0.4, 0.5) is 4.39 Å². The summed E-state index contributed by atoms with van der Waals surface area (Å²) in [5.74, 6) is 0.915. The highest BCUT2D eigenvalue weighted by Crippen LogP contribution is 2.36. The number of carbonyl (C=O) groups excluding carboxylic acids is 1. The van der Waals surface area contributed by atoms with E-state index in [0.717, 1.165) is 43.7 Å². The van der Waals surface area contributed by atoms with Gasteiger partial charge in [0.05, 0.1) is 7.11 Å². The van der Waals surface area contributed by atoms with E-state index in [1.807, 2.05) is 6.07 Å². The molecule has 4 rings (SSSR count). The van der Waals surface area contributed by atoms with Gasteiger partial charge in [-0.2, -0.15) is 0 Å². The molecule has 0 aliphatic carbocycles. The number of H-pyrrole nitrogens is 1. The van der Waals surface area contributed by atoms with Gasteiger partial charge in [0.2, 0.25) is 0 Å². The van der Waals surface area contributed by atoms with Crippen molar-refractivity contribution < 1.29 is 13.9 Å². The normalized spacial score (nSPS) is 15.4. The van der Waals surface area contributed by atoms with Crippen LogP contribution in [0, 0.1) is 12.7 Å². The molecule has 3 aromatic rings. The minimum absolute atomic E-state index is 0.158. The molecule has 0 spiro atoms. The van der Waals surface area contributed by atoms with Gasteiger partial charge in [0.15, 0.2) is 0 Å². The summed E-state index contributed by atoms with van der Waals surface area (Å²) in [4.78, 5) is 18.1. The molecule has 6 heteroatoms. The molecule has 0 saturated carbocycles. The third-order valence-corrected chi connectivity index (χ3v) is 6.06. The number of amides is 1. The van der Waals surface area contributed by atoms with Gasteiger partial charge in [0.1, 0.15) is 11.6 Å². The molecular formula is C24H28FN3O2. The SMILES string of the molecule is COc1ccc2c(C3CCN(CCNC(=O)c4ccc(F)cc4)CC3)c(C)[nH]c2c1. The van der Waals surface area contributed by atoms with Crippen molar-refractivity contribution in [1.82, 2.24) is 15.2 Å². The van der Waals surface area contributed by atoms with E-state index in [1.165, 1.54) is 40.9 Å². The Kier molecular flexibility index (Phi) is 6.04. The van der Waals surface area contributed by atoms with Crippen molar-refractivity contribution in [2.75, 3.05) is 33.3 Å². The second-order valence-electron chi connectivity index (χ2n) is 7.95. The van der Waals surface area contributed by atoms with Crippen molar-refractivity contribution in [2.24, 2.45) is 0 Å². The van der Waals surface area contributed by atoms with Gasteiger partial charge in [0.25, 0.3) is 5.91 Å². The van der Waals surface area contributed by atoms with E-state index >= 15 is 0 Å². The summed E-state index contributed by atoms with van der Waals surface area (Å²) in [6.07, 6.45) is 2.21. The van der Waals surface area contributed by atoms with Gasteiger partial charge in [-0.3, -0.25) is 4.79 Å². The fourth-order valence-corrected chi connectivity index (χ4v) is 4.46. The van der Waals surface area contributed by atoms with E-state index in [9.17, 15) is 9.18 Å². The predicted molar refractivity (Wildman–Crippen MR) is 117 cm³/mol. The molecule has 0 bridgehead atoms. The maximum absolute atomic E-state index is 13.0. The summed E-state index contributed by atoms with van der Waals surface area (Å²) in [7, 11) is 1.69. The highest BCUT2D eigenvalue weighted by Gasteiger charge is 2.24. The van der Waals surface area contributed by atoms with E-state index in [4.69, 9.17) is 4.74 Å². The monoisotopic (exact) mass is 409 g/mol. The molecule has 0 unspecified atom stereocenters. The molecule has 1 aromatic heterocycles. The summed E-state index contributed by atoms with van der Waals surface area (Å²) < 4.78 is 18.3. The van der Waals surface area contributed by atoms with Gasteiger partial charge in [0, 0.05) is 41.3 Å². The van der Waals surface area contributed by atoms with Gasteiger partial charge in [-0.25, -0.2) is 4.39 Å². The zero-order chi connectivity index (χ0) is 21.1. The Morgan fingerprint density at radius 3 is 2.63 bits per heavy atom. The van der Waals surface area contributed by atoms with Crippen LogP contribution in [0.2, 0.25) is 0 Å². The van der Waals surface area contributed by atoms with Gasteiger partial charge in [-0.15, -0.1) is 0 Å². The van der Waals surface area contributed by atoms with Crippen molar-refractivity contribution in [2.45, 2.75) is 25.7 Å². The molecule has 0 radical (unpaired) electrons. The Balaban J connectivity index is 1.30. The molecule has 1 fully saturated rings. The highest BCUT2D eigenvalue weighted by atomic mass is 19.1. The lowest BCUT2D eigenvalue weighted by Gasteiger charge is -2.32. The smallest absolute Gasteiger partial charge is 0.251 e. The summed E-state index contributed by atoms with van der Waals surface area (Å²) >= 11 is 0. The molecule has 5 nitrogen and oxygen atoms in total. The number of rotatable bonds is 6. The topological polar surface area (TPSA) is 57.4 Å². The van der Waals surface area contributed by atoms with Crippen LogP contribution < -0.4 is 10.1 Å².